The first-order valence-corrected chi connectivity index (χ1v) is 4.19. The van der Waals surface area contributed by atoms with E-state index >= 15 is 0 Å². The number of aliphatic imine (C=N–C) groups is 1. The molecule has 1 aromatic rings. The van der Waals surface area contributed by atoms with Crippen LogP contribution in [-0.4, -0.2) is 12.1 Å². The molecule has 0 atom stereocenters. The van der Waals surface area contributed by atoms with Crippen molar-refractivity contribution in [2.45, 2.75) is 6.61 Å². The van der Waals surface area contributed by atoms with Crippen molar-refractivity contribution < 1.29 is 18.3 Å². The molecule has 0 aliphatic rings. The average molecular weight is 266 g/mol. The highest BCUT2D eigenvalue weighted by molar-refractivity contribution is 5.87. The first-order chi connectivity index (χ1) is 7.49. The Labute approximate surface area is 102 Å². The van der Waals surface area contributed by atoms with Crippen LogP contribution < -0.4 is 11.5 Å². The van der Waals surface area contributed by atoms with E-state index in [-0.39, 0.29) is 18.0 Å². The zero-order chi connectivity index (χ0) is 12.1. The molecule has 4 N–H and O–H groups in total. The van der Waals surface area contributed by atoms with Gasteiger partial charge in [-0.2, -0.15) is 0 Å². The largest absolute Gasteiger partial charge is 0.443 e. The van der Waals surface area contributed by atoms with Gasteiger partial charge >= 0.3 is 6.09 Å². The number of benzene rings is 1. The Hall–Kier alpha value is -1.89. The van der Waals surface area contributed by atoms with Gasteiger partial charge in [0.1, 0.15) is 18.2 Å². The minimum atomic E-state index is -1.07. The van der Waals surface area contributed by atoms with Crippen LogP contribution in [0, 0.1) is 11.6 Å². The third-order valence-electron chi connectivity index (χ3n) is 1.58. The van der Waals surface area contributed by atoms with Gasteiger partial charge in [-0.3, -0.25) is 0 Å². The number of nitrogens with two attached hydrogens (primary N) is 2. The van der Waals surface area contributed by atoms with E-state index in [4.69, 9.17) is 11.5 Å². The number of nitrogens with zero attached hydrogens (tertiary/aromatic N) is 1. The van der Waals surface area contributed by atoms with Gasteiger partial charge in [0.25, 0.3) is 0 Å². The fourth-order valence-corrected chi connectivity index (χ4v) is 0.931. The first kappa shape index (κ1) is 15.1. The zero-order valence-electron chi connectivity index (χ0n) is 8.52. The number of halogens is 3. The van der Waals surface area contributed by atoms with E-state index in [2.05, 4.69) is 9.73 Å². The summed E-state index contributed by atoms with van der Waals surface area (Å²) < 4.78 is 30.2. The monoisotopic (exact) mass is 265 g/mol. The van der Waals surface area contributed by atoms with Crippen LogP contribution in [0.1, 0.15) is 5.56 Å². The van der Waals surface area contributed by atoms with Crippen molar-refractivity contribution in [2.75, 3.05) is 0 Å². The number of amides is 1. The molecule has 17 heavy (non-hydrogen) atoms. The first-order valence-electron chi connectivity index (χ1n) is 4.19. The lowest BCUT2D eigenvalue weighted by Crippen LogP contribution is -2.24. The van der Waals surface area contributed by atoms with E-state index in [0.717, 1.165) is 18.2 Å². The van der Waals surface area contributed by atoms with E-state index in [1.54, 1.807) is 0 Å². The van der Waals surface area contributed by atoms with Gasteiger partial charge in [-0.25, -0.2) is 13.6 Å². The van der Waals surface area contributed by atoms with E-state index < -0.39 is 30.3 Å². The highest BCUT2D eigenvalue weighted by Crippen LogP contribution is 2.10. The van der Waals surface area contributed by atoms with Gasteiger partial charge in [-0.15, -0.1) is 17.4 Å². The normalized spacial score (nSPS) is 9.06. The molecule has 0 fully saturated rings. The Morgan fingerprint density at radius 2 is 2.00 bits per heavy atom. The zero-order valence-corrected chi connectivity index (χ0v) is 9.34. The highest BCUT2D eigenvalue weighted by Gasteiger charge is 2.07. The van der Waals surface area contributed by atoms with Crippen molar-refractivity contribution in [1.82, 2.24) is 0 Å². The number of carbonyl (C=O) groups excluding carboxylic acids is 1. The fourth-order valence-electron chi connectivity index (χ4n) is 0.931. The molecule has 94 valence electrons. The topological polar surface area (TPSA) is 90.7 Å². The van der Waals surface area contributed by atoms with Crippen LogP contribution in [0.15, 0.2) is 23.2 Å². The second-order valence-corrected chi connectivity index (χ2v) is 2.83. The van der Waals surface area contributed by atoms with Crippen LogP contribution in [0.4, 0.5) is 13.6 Å². The van der Waals surface area contributed by atoms with Crippen LogP contribution in [-0.2, 0) is 11.3 Å². The van der Waals surface area contributed by atoms with Crippen LogP contribution in [0.25, 0.3) is 0 Å². The fraction of sp³-hybridized carbons (Fsp3) is 0.111. The van der Waals surface area contributed by atoms with Crippen molar-refractivity contribution in [3.8, 4) is 0 Å². The maximum Gasteiger partial charge on any atom is 0.437 e. The van der Waals surface area contributed by atoms with Gasteiger partial charge in [0.05, 0.1) is 0 Å². The lowest BCUT2D eigenvalue weighted by Gasteiger charge is -2.03. The molecular formula is C9H10ClF2N3O2. The smallest absolute Gasteiger partial charge is 0.437 e. The SMILES string of the molecule is Cl.NC(N)=NC(=O)OCc1cc(F)ccc1F. The van der Waals surface area contributed by atoms with Crippen molar-refractivity contribution in [2.24, 2.45) is 16.5 Å². The molecule has 0 spiro atoms. The molecule has 0 bridgehead atoms. The maximum atomic E-state index is 13.0. The molecule has 0 radical (unpaired) electrons. The van der Waals surface area contributed by atoms with Crippen molar-refractivity contribution >= 4 is 24.5 Å². The minimum absolute atomic E-state index is 0. The number of carbonyl (C=O) groups is 1. The lowest BCUT2D eigenvalue weighted by molar-refractivity contribution is 0.149. The molecule has 1 rings (SSSR count). The van der Waals surface area contributed by atoms with Crippen molar-refractivity contribution in [1.29, 1.82) is 0 Å². The summed E-state index contributed by atoms with van der Waals surface area (Å²) >= 11 is 0. The molecule has 0 saturated heterocycles. The summed E-state index contributed by atoms with van der Waals surface area (Å²) in [6.45, 7) is -0.445. The summed E-state index contributed by atoms with van der Waals surface area (Å²) in [6.07, 6.45) is -1.07. The molecule has 0 saturated carbocycles. The third-order valence-corrected chi connectivity index (χ3v) is 1.58. The van der Waals surface area contributed by atoms with Crippen LogP contribution in [0.3, 0.4) is 0 Å². The molecule has 0 aliphatic carbocycles. The van der Waals surface area contributed by atoms with Crippen LogP contribution in [0.5, 0.6) is 0 Å². The Bertz CT molecular complexity index is 436. The van der Waals surface area contributed by atoms with Gasteiger partial charge in [0.2, 0.25) is 0 Å². The quantitative estimate of drug-likeness (QED) is 0.623. The highest BCUT2D eigenvalue weighted by atomic mass is 35.5. The lowest BCUT2D eigenvalue weighted by atomic mass is 10.2. The molecule has 0 heterocycles. The molecule has 8 heteroatoms. The van der Waals surface area contributed by atoms with Crippen molar-refractivity contribution in [3.05, 3.63) is 35.4 Å². The molecule has 1 amide bonds. The number of hydrogen-bond donors (Lipinski definition) is 2. The third kappa shape index (κ3) is 5.12. The average Bonchev–Trinajstić information content (AvgIpc) is 2.18. The number of ether oxygens (including phenoxy) is 1. The number of hydrogen-bond acceptors (Lipinski definition) is 2. The molecule has 0 aromatic heterocycles. The van der Waals surface area contributed by atoms with Crippen molar-refractivity contribution in [3.63, 3.8) is 0 Å². The molecular weight excluding hydrogens is 256 g/mol. The second kappa shape index (κ2) is 6.64. The Kier molecular flexibility index (Phi) is 5.90. The summed E-state index contributed by atoms with van der Waals surface area (Å²) in [7, 11) is 0. The van der Waals surface area contributed by atoms with Gasteiger partial charge in [0, 0.05) is 5.56 Å². The molecule has 0 unspecified atom stereocenters. The van der Waals surface area contributed by atoms with Gasteiger partial charge < -0.3 is 16.2 Å². The summed E-state index contributed by atoms with van der Waals surface area (Å²) in [5.74, 6) is -1.78. The minimum Gasteiger partial charge on any atom is -0.443 e. The number of guanidine groups is 1. The Balaban J connectivity index is 0.00000256. The van der Waals surface area contributed by atoms with E-state index in [9.17, 15) is 13.6 Å². The van der Waals surface area contributed by atoms with Gasteiger partial charge in [-0.05, 0) is 18.2 Å². The summed E-state index contributed by atoms with van der Waals surface area (Å²) in [6, 6.07) is 2.80. The number of rotatable bonds is 2. The summed E-state index contributed by atoms with van der Waals surface area (Å²) in [5, 5.41) is 0. The standard InChI is InChI=1S/C9H9F2N3O2.ClH/c10-6-1-2-7(11)5(3-6)4-16-9(15)14-8(12)13;/h1-3H,4H2,(H4,12,13,14,15);1H. The van der Waals surface area contributed by atoms with Gasteiger partial charge in [-0.1, -0.05) is 0 Å². The van der Waals surface area contributed by atoms with Gasteiger partial charge in [0.15, 0.2) is 5.96 Å². The summed E-state index contributed by atoms with van der Waals surface area (Å²) in [5.41, 5.74) is 9.72. The van der Waals surface area contributed by atoms with Crippen LogP contribution >= 0.6 is 12.4 Å². The van der Waals surface area contributed by atoms with E-state index in [1.165, 1.54) is 0 Å². The van der Waals surface area contributed by atoms with Crippen LogP contribution in [0.2, 0.25) is 0 Å². The predicted octanol–water partition coefficient (Wildman–Crippen LogP) is 1.30. The second-order valence-electron chi connectivity index (χ2n) is 2.83. The van der Waals surface area contributed by atoms with E-state index in [1.807, 2.05) is 0 Å². The molecule has 1 aromatic carbocycles. The molecule has 5 nitrogen and oxygen atoms in total. The Morgan fingerprint density at radius 3 is 2.59 bits per heavy atom. The predicted molar refractivity (Wildman–Crippen MR) is 59.6 cm³/mol. The Morgan fingerprint density at radius 1 is 1.35 bits per heavy atom. The molecule has 0 aliphatic heterocycles. The van der Waals surface area contributed by atoms with E-state index in [0.29, 0.717) is 0 Å². The summed E-state index contributed by atoms with van der Waals surface area (Å²) in [4.78, 5) is 13.9. The maximum absolute atomic E-state index is 13.0.